The van der Waals surface area contributed by atoms with E-state index < -0.39 is 12.1 Å². The molecule has 0 radical (unpaired) electrons. The first-order valence-electron chi connectivity index (χ1n) is 12.3. The zero-order valence-electron chi connectivity index (χ0n) is 19.1. The van der Waals surface area contributed by atoms with Crippen molar-refractivity contribution in [3.8, 4) is 0 Å². The molecular weight excluding hydrogens is 380 g/mol. The summed E-state index contributed by atoms with van der Waals surface area (Å²) in [5.74, 6) is 1.05. The molecule has 0 aromatic rings. The van der Waals surface area contributed by atoms with Crippen LogP contribution in [0.4, 0.5) is 0 Å². The van der Waals surface area contributed by atoms with Crippen molar-refractivity contribution in [3.63, 3.8) is 0 Å². The third-order valence-electron chi connectivity index (χ3n) is 10.8. The number of carboxylic acid groups (broad SMARTS) is 1. The zero-order chi connectivity index (χ0) is 22.0. The fourth-order valence-corrected chi connectivity index (χ4v) is 9.13. The fourth-order valence-electron chi connectivity index (χ4n) is 9.13. The van der Waals surface area contributed by atoms with Crippen LogP contribution in [0, 0.1) is 52.3 Å². The molecule has 0 aliphatic heterocycles. The molecule has 172 valence electrons. The molecule has 4 rings (SSSR count). The molecule has 0 bridgehead atoms. The van der Waals surface area contributed by atoms with Gasteiger partial charge in [-0.15, -0.1) is 0 Å². The van der Waals surface area contributed by atoms with Gasteiger partial charge < -0.3 is 20.4 Å². The average molecular weight is 423 g/mol. The topological polar surface area (TPSA) is 98.0 Å². The Morgan fingerprint density at radius 1 is 1.03 bits per heavy atom. The Morgan fingerprint density at radius 2 is 1.73 bits per heavy atom. The Labute approximate surface area is 181 Å². The lowest BCUT2D eigenvalue weighted by Crippen LogP contribution is -2.64. The first-order valence-corrected chi connectivity index (χ1v) is 12.3. The molecule has 4 saturated carbocycles. The van der Waals surface area contributed by atoms with E-state index in [0.29, 0.717) is 24.2 Å². The Kier molecular flexibility index (Phi) is 5.81. The molecule has 4 fully saturated rings. The molecule has 0 spiro atoms. The number of carbonyl (C=O) groups is 1. The quantitative estimate of drug-likeness (QED) is 0.554. The monoisotopic (exact) mass is 422 g/mol. The largest absolute Gasteiger partial charge is 0.481 e. The van der Waals surface area contributed by atoms with Crippen LogP contribution in [0.5, 0.6) is 0 Å². The highest BCUT2D eigenvalue weighted by atomic mass is 16.4. The standard InChI is InChI=1S/C25H42O5/c1-13(5-8-21(28)29)16-6-7-17-22-19(12-20(27)25(16,17)4)24(3)10-9-15(26)11-18(24)14(2)23(22)30/h13-20,22-23,26-27,30H,5-12H2,1-4H3,(H,28,29)/t13-,14-,15-,16-,17+,18+,19+,20+,22+,23+,24+,25-/m1/s1. The van der Waals surface area contributed by atoms with Crippen LogP contribution in [0.3, 0.4) is 0 Å². The lowest BCUT2D eigenvalue weighted by molar-refractivity contribution is -0.225. The third-order valence-corrected chi connectivity index (χ3v) is 10.8. The van der Waals surface area contributed by atoms with Crippen LogP contribution in [-0.4, -0.2) is 44.7 Å². The average Bonchev–Trinajstić information content (AvgIpc) is 3.05. The summed E-state index contributed by atoms with van der Waals surface area (Å²) in [5.41, 5.74) is -0.185. The van der Waals surface area contributed by atoms with Gasteiger partial charge in [-0.25, -0.2) is 0 Å². The summed E-state index contributed by atoms with van der Waals surface area (Å²) in [6.07, 6.45) is 5.11. The van der Waals surface area contributed by atoms with Crippen molar-refractivity contribution in [2.45, 2.75) is 97.4 Å². The lowest BCUT2D eigenvalue weighted by atomic mass is 9.41. The molecule has 0 aromatic heterocycles. The van der Waals surface area contributed by atoms with E-state index >= 15 is 0 Å². The SMILES string of the molecule is C[C@H]1[C@H](O)[C@@H]2[C@H](C[C@H](O)[C@]3(C)[C@@H]([C@H](C)CCC(=O)O)CC[C@@H]23)[C@@]2(C)CC[C@@H](O)C[C@@H]12. The highest BCUT2D eigenvalue weighted by Crippen LogP contribution is 2.69. The first-order chi connectivity index (χ1) is 14.0. The minimum atomic E-state index is -0.749. The fraction of sp³-hybridized carbons (Fsp3) is 0.960. The van der Waals surface area contributed by atoms with Gasteiger partial charge in [0.2, 0.25) is 0 Å². The normalized spacial score (nSPS) is 54.0. The summed E-state index contributed by atoms with van der Waals surface area (Å²) >= 11 is 0. The molecule has 5 nitrogen and oxygen atoms in total. The van der Waals surface area contributed by atoms with Gasteiger partial charge in [-0.2, -0.15) is 0 Å². The van der Waals surface area contributed by atoms with Crippen molar-refractivity contribution >= 4 is 5.97 Å². The molecule has 5 heteroatoms. The van der Waals surface area contributed by atoms with Crippen molar-refractivity contribution < 1.29 is 25.2 Å². The van der Waals surface area contributed by atoms with E-state index in [1.807, 2.05) is 0 Å². The summed E-state index contributed by atoms with van der Waals surface area (Å²) in [5, 5.41) is 42.5. The molecular formula is C25H42O5. The number of hydrogen-bond donors (Lipinski definition) is 4. The molecule has 12 atom stereocenters. The number of hydrogen-bond acceptors (Lipinski definition) is 4. The maximum Gasteiger partial charge on any atom is 0.303 e. The van der Waals surface area contributed by atoms with E-state index in [1.54, 1.807) is 0 Å². The van der Waals surface area contributed by atoms with E-state index in [4.69, 9.17) is 5.11 Å². The Bertz CT molecular complexity index is 666. The van der Waals surface area contributed by atoms with Crippen LogP contribution >= 0.6 is 0 Å². The first kappa shape index (κ1) is 22.5. The van der Waals surface area contributed by atoms with E-state index in [-0.39, 0.29) is 53.1 Å². The van der Waals surface area contributed by atoms with Gasteiger partial charge in [0.25, 0.3) is 0 Å². The molecule has 30 heavy (non-hydrogen) atoms. The van der Waals surface area contributed by atoms with Gasteiger partial charge in [0, 0.05) is 6.42 Å². The van der Waals surface area contributed by atoms with Gasteiger partial charge >= 0.3 is 5.97 Å². The number of aliphatic hydroxyl groups is 3. The Morgan fingerprint density at radius 3 is 2.40 bits per heavy atom. The number of aliphatic carboxylic acids is 1. The highest BCUT2D eigenvalue weighted by molar-refractivity contribution is 5.66. The smallest absolute Gasteiger partial charge is 0.303 e. The van der Waals surface area contributed by atoms with Gasteiger partial charge in [-0.05, 0) is 97.2 Å². The third kappa shape index (κ3) is 3.17. The van der Waals surface area contributed by atoms with Gasteiger partial charge in [0.05, 0.1) is 18.3 Å². The number of aliphatic hydroxyl groups excluding tert-OH is 3. The lowest BCUT2D eigenvalue weighted by Gasteiger charge is -2.65. The molecule has 4 aliphatic rings. The van der Waals surface area contributed by atoms with Gasteiger partial charge in [0.1, 0.15) is 0 Å². The van der Waals surface area contributed by atoms with Crippen LogP contribution in [0.15, 0.2) is 0 Å². The molecule has 0 saturated heterocycles. The van der Waals surface area contributed by atoms with Crippen molar-refractivity contribution in [1.29, 1.82) is 0 Å². The molecule has 0 aromatic carbocycles. The summed E-state index contributed by atoms with van der Waals surface area (Å²) in [6, 6.07) is 0. The molecule has 0 unspecified atom stereocenters. The minimum absolute atomic E-state index is 0.0673. The van der Waals surface area contributed by atoms with Gasteiger partial charge in [-0.3, -0.25) is 4.79 Å². The maximum atomic E-state index is 11.5. The predicted molar refractivity (Wildman–Crippen MR) is 115 cm³/mol. The molecule has 4 aliphatic carbocycles. The van der Waals surface area contributed by atoms with Crippen molar-refractivity contribution in [3.05, 3.63) is 0 Å². The second-order valence-corrected chi connectivity index (χ2v) is 11.9. The van der Waals surface area contributed by atoms with Crippen LogP contribution in [0.1, 0.15) is 79.1 Å². The second kappa shape index (κ2) is 7.74. The summed E-state index contributed by atoms with van der Waals surface area (Å²) < 4.78 is 0. The maximum absolute atomic E-state index is 11.5. The van der Waals surface area contributed by atoms with Crippen LogP contribution in [-0.2, 0) is 4.79 Å². The second-order valence-electron chi connectivity index (χ2n) is 11.9. The Balaban J connectivity index is 1.64. The van der Waals surface area contributed by atoms with Gasteiger partial charge in [-0.1, -0.05) is 27.7 Å². The Hall–Kier alpha value is -0.650. The zero-order valence-corrected chi connectivity index (χ0v) is 19.1. The molecule has 0 amide bonds. The van der Waals surface area contributed by atoms with E-state index in [0.717, 1.165) is 38.5 Å². The number of rotatable bonds is 4. The van der Waals surface area contributed by atoms with E-state index in [2.05, 4.69) is 27.7 Å². The van der Waals surface area contributed by atoms with E-state index in [1.165, 1.54) is 0 Å². The number of fused-ring (bicyclic) bond motifs is 5. The van der Waals surface area contributed by atoms with Crippen LogP contribution in [0.2, 0.25) is 0 Å². The number of carboxylic acids is 1. The molecule has 4 N–H and O–H groups in total. The summed E-state index contributed by atoms with van der Waals surface area (Å²) in [7, 11) is 0. The summed E-state index contributed by atoms with van der Waals surface area (Å²) in [6.45, 7) is 8.91. The van der Waals surface area contributed by atoms with Crippen molar-refractivity contribution in [2.24, 2.45) is 52.3 Å². The minimum Gasteiger partial charge on any atom is -0.481 e. The van der Waals surface area contributed by atoms with Crippen molar-refractivity contribution in [1.82, 2.24) is 0 Å². The predicted octanol–water partition coefficient (Wildman–Crippen LogP) is 3.69. The van der Waals surface area contributed by atoms with Gasteiger partial charge in [0.15, 0.2) is 0 Å². The molecule has 0 heterocycles. The highest BCUT2D eigenvalue weighted by Gasteiger charge is 2.67. The van der Waals surface area contributed by atoms with E-state index in [9.17, 15) is 20.1 Å². The van der Waals surface area contributed by atoms with Crippen LogP contribution < -0.4 is 0 Å². The van der Waals surface area contributed by atoms with Crippen molar-refractivity contribution in [2.75, 3.05) is 0 Å². The summed E-state index contributed by atoms with van der Waals surface area (Å²) in [4.78, 5) is 11.1. The van der Waals surface area contributed by atoms with Crippen LogP contribution in [0.25, 0.3) is 0 Å².